The number of carbonyl (C=O) groups is 1. The molecule has 3 aromatic rings. The molecule has 1 N–H and O–H groups in total. The van der Waals surface area contributed by atoms with Crippen molar-refractivity contribution in [2.45, 2.75) is 44.4 Å². The van der Waals surface area contributed by atoms with E-state index in [0.29, 0.717) is 29.5 Å². The van der Waals surface area contributed by atoms with Crippen molar-refractivity contribution < 1.29 is 18.0 Å². The van der Waals surface area contributed by atoms with Gasteiger partial charge >= 0.3 is 6.18 Å². The van der Waals surface area contributed by atoms with Crippen molar-refractivity contribution in [3.05, 3.63) is 71.8 Å². The maximum absolute atomic E-state index is 13.7. The molecular formula is C25H24F3N5O. The van der Waals surface area contributed by atoms with Crippen LogP contribution in [0.4, 0.5) is 19.0 Å². The molecule has 176 valence electrons. The number of carbonyl (C=O) groups excluding carboxylic acids is 1. The summed E-state index contributed by atoms with van der Waals surface area (Å²) in [7, 11) is 0. The number of aromatic nitrogens is 3. The van der Waals surface area contributed by atoms with Crippen molar-refractivity contribution in [1.82, 2.24) is 19.9 Å². The van der Waals surface area contributed by atoms with E-state index in [2.05, 4.69) is 20.3 Å². The van der Waals surface area contributed by atoms with Gasteiger partial charge in [0.15, 0.2) is 0 Å². The van der Waals surface area contributed by atoms with Crippen molar-refractivity contribution in [3.8, 4) is 11.3 Å². The van der Waals surface area contributed by atoms with E-state index in [0.717, 1.165) is 42.8 Å². The van der Waals surface area contributed by atoms with E-state index >= 15 is 0 Å². The molecule has 3 atom stereocenters. The number of anilines is 1. The van der Waals surface area contributed by atoms with Gasteiger partial charge in [0.05, 0.1) is 17.3 Å². The van der Waals surface area contributed by atoms with Gasteiger partial charge in [-0.05, 0) is 68.0 Å². The molecule has 34 heavy (non-hydrogen) atoms. The van der Waals surface area contributed by atoms with E-state index in [1.807, 2.05) is 30.0 Å². The van der Waals surface area contributed by atoms with Crippen molar-refractivity contribution >= 4 is 11.7 Å². The van der Waals surface area contributed by atoms with Gasteiger partial charge in [0.1, 0.15) is 11.5 Å². The smallest absolute Gasteiger partial charge is 0.365 e. The molecule has 6 rings (SSSR count). The minimum absolute atomic E-state index is 0.0931. The lowest BCUT2D eigenvalue weighted by Gasteiger charge is -2.50. The summed E-state index contributed by atoms with van der Waals surface area (Å²) in [5.74, 6) is 0.535. The summed E-state index contributed by atoms with van der Waals surface area (Å²) in [4.78, 5) is 28.4. The van der Waals surface area contributed by atoms with Crippen LogP contribution in [0.15, 0.2) is 55.0 Å². The van der Waals surface area contributed by atoms with Crippen LogP contribution in [0.1, 0.15) is 40.9 Å². The maximum atomic E-state index is 13.7. The molecule has 0 aromatic carbocycles. The monoisotopic (exact) mass is 467 g/mol. The molecule has 2 saturated heterocycles. The predicted octanol–water partition coefficient (Wildman–Crippen LogP) is 4.97. The Balaban J connectivity index is 1.40. The van der Waals surface area contributed by atoms with Crippen molar-refractivity contribution in [3.63, 3.8) is 0 Å². The molecule has 0 radical (unpaired) electrons. The maximum Gasteiger partial charge on any atom is 0.417 e. The Morgan fingerprint density at radius 1 is 1.06 bits per heavy atom. The van der Waals surface area contributed by atoms with Crippen LogP contribution in [0.25, 0.3) is 11.3 Å². The van der Waals surface area contributed by atoms with E-state index in [1.54, 1.807) is 18.5 Å². The molecule has 3 aromatic heterocycles. The van der Waals surface area contributed by atoms with Gasteiger partial charge in [0.25, 0.3) is 5.91 Å². The van der Waals surface area contributed by atoms with E-state index in [1.165, 1.54) is 6.07 Å². The highest BCUT2D eigenvalue weighted by atomic mass is 19.4. The number of hydrogen-bond donors (Lipinski definition) is 1. The Kier molecular flexibility index (Phi) is 5.71. The largest absolute Gasteiger partial charge is 0.417 e. The molecule has 9 heteroatoms. The zero-order valence-corrected chi connectivity index (χ0v) is 18.6. The van der Waals surface area contributed by atoms with Gasteiger partial charge in [0.2, 0.25) is 0 Å². The van der Waals surface area contributed by atoms with Gasteiger partial charge in [-0.1, -0.05) is 6.07 Å². The number of piperidine rings is 2. The number of rotatable bonds is 4. The average molecular weight is 467 g/mol. The second-order valence-electron chi connectivity index (χ2n) is 8.95. The molecule has 3 fully saturated rings. The highest BCUT2D eigenvalue weighted by Crippen LogP contribution is 2.38. The SMILES string of the molecule is Cc1cccnc1-c1cccnc1C(=O)N1CC2CCC1C(Nc1ccc(C(F)(F)F)cn1)C2. The third-order valence-corrected chi connectivity index (χ3v) is 6.74. The third-order valence-electron chi connectivity index (χ3n) is 6.74. The fraction of sp³-hybridized carbons (Fsp3) is 0.360. The quantitative estimate of drug-likeness (QED) is 0.587. The molecule has 1 aliphatic carbocycles. The van der Waals surface area contributed by atoms with Crippen LogP contribution in [-0.2, 0) is 6.18 Å². The molecule has 0 spiro atoms. The van der Waals surface area contributed by atoms with Crippen LogP contribution in [-0.4, -0.2) is 44.4 Å². The van der Waals surface area contributed by atoms with Crippen LogP contribution in [0, 0.1) is 12.8 Å². The number of nitrogens with zero attached hydrogens (tertiary/aromatic N) is 4. The first kappa shape index (κ1) is 22.3. The number of halogens is 3. The van der Waals surface area contributed by atoms with Crippen LogP contribution >= 0.6 is 0 Å². The molecule has 3 aliphatic rings. The summed E-state index contributed by atoms with van der Waals surface area (Å²) in [6.45, 7) is 2.59. The number of amides is 1. The highest BCUT2D eigenvalue weighted by Gasteiger charge is 2.44. The fourth-order valence-corrected chi connectivity index (χ4v) is 5.09. The third kappa shape index (κ3) is 4.22. The highest BCUT2D eigenvalue weighted by molar-refractivity contribution is 5.99. The summed E-state index contributed by atoms with van der Waals surface area (Å²) in [6.07, 6.45) is 2.39. The lowest BCUT2D eigenvalue weighted by atomic mass is 9.76. The van der Waals surface area contributed by atoms with Crippen LogP contribution in [0.3, 0.4) is 0 Å². The standard InChI is InChI=1S/C25H24F3N5O/c1-15-4-2-10-29-22(15)18-5-3-11-30-23(18)24(34)33-14-16-6-8-20(33)19(12-16)32-21-9-7-17(13-31-21)25(26,27)28/h2-5,7,9-11,13,16,19-20H,6,8,12,14H2,1H3,(H,31,32). The topological polar surface area (TPSA) is 71.0 Å². The van der Waals surface area contributed by atoms with Crippen LogP contribution in [0.2, 0.25) is 0 Å². The van der Waals surface area contributed by atoms with Crippen molar-refractivity contribution in [1.29, 1.82) is 0 Å². The van der Waals surface area contributed by atoms with Crippen molar-refractivity contribution in [2.75, 3.05) is 11.9 Å². The molecule has 5 heterocycles. The number of pyridine rings is 3. The number of hydrogen-bond acceptors (Lipinski definition) is 5. The number of nitrogens with one attached hydrogen (secondary N) is 1. The molecular weight excluding hydrogens is 443 g/mol. The van der Waals surface area contributed by atoms with Gasteiger partial charge in [-0.15, -0.1) is 0 Å². The normalized spacial score (nSPS) is 22.0. The number of fused-ring (bicyclic) bond motifs is 3. The average Bonchev–Trinajstić information content (AvgIpc) is 2.84. The summed E-state index contributed by atoms with van der Waals surface area (Å²) in [5, 5.41) is 3.28. The molecule has 2 aliphatic heterocycles. The number of aryl methyl sites for hydroxylation is 1. The molecule has 1 saturated carbocycles. The van der Waals surface area contributed by atoms with E-state index in [-0.39, 0.29) is 18.0 Å². The summed E-state index contributed by atoms with van der Waals surface area (Å²) in [5.41, 5.74) is 1.96. The first-order valence-corrected chi connectivity index (χ1v) is 11.3. The van der Waals surface area contributed by atoms with E-state index in [9.17, 15) is 18.0 Å². The Morgan fingerprint density at radius 2 is 1.85 bits per heavy atom. The Hall–Kier alpha value is -3.49. The van der Waals surface area contributed by atoms with Crippen molar-refractivity contribution in [2.24, 2.45) is 5.92 Å². The minimum atomic E-state index is -4.43. The van der Waals surface area contributed by atoms with E-state index in [4.69, 9.17) is 0 Å². The second-order valence-corrected chi connectivity index (χ2v) is 8.95. The van der Waals surface area contributed by atoms with E-state index < -0.39 is 11.7 Å². The summed E-state index contributed by atoms with van der Waals surface area (Å²) < 4.78 is 38.6. The Morgan fingerprint density at radius 3 is 2.56 bits per heavy atom. The Labute approximate surface area is 195 Å². The lowest BCUT2D eigenvalue weighted by Crippen LogP contribution is -2.60. The number of alkyl halides is 3. The fourth-order valence-electron chi connectivity index (χ4n) is 5.09. The van der Waals surface area contributed by atoms with Gasteiger partial charge in [-0.2, -0.15) is 13.2 Å². The summed E-state index contributed by atoms with van der Waals surface area (Å²) >= 11 is 0. The Bertz CT molecular complexity index is 1200. The van der Waals surface area contributed by atoms with Crippen LogP contribution < -0.4 is 5.32 Å². The van der Waals surface area contributed by atoms with Gasteiger partial charge < -0.3 is 10.2 Å². The lowest BCUT2D eigenvalue weighted by molar-refractivity contribution is -0.137. The summed E-state index contributed by atoms with van der Waals surface area (Å²) in [6, 6.07) is 9.64. The van der Waals surface area contributed by atoms with Gasteiger partial charge in [-0.25, -0.2) is 4.98 Å². The molecule has 2 bridgehead atoms. The zero-order valence-electron chi connectivity index (χ0n) is 18.6. The second kappa shape index (κ2) is 8.70. The first-order chi connectivity index (χ1) is 16.3. The molecule has 1 amide bonds. The predicted molar refractivity (Wildman–Crippen MR) is 121 cm³/mol. The van der Waals surface area contributed by atoms with Gasteiger partial charge in [0, 0.05) is 36.7 Å². The van der Waals surface area contributed by atoms with Gasteiger partial charge in [-0.3, -0.25) is 14.8 Å². The van der Waals surface area contributed by atoms with Crippen LogP contribution in [0.5, 0.6) is 0 Å². The molecule has 6 nitrogen and oxygen atoms in total. The zero-order chi connectivity index (χ0) is 23.9. The first-order valence-electron chi connectivity index (χ1n) is 11.3. The minimum Gasteiger partial charge on any atom is -0.365 e. The molecule has 3 unspecified atom stereocenters.